The van der Waals surface area contributed by atoms with Crippen molar-refractivity contribution in [1.82, 2.24) is 20.9 Å². The fourth-order valence-electron chi connectivity index (χ4n) is 6.66. The van der Waals surface area contributed by atoms with Gasteiger partial charge in [0.1, 0.15) is 12.1 Å². The van der Waals surface area contributed by atoms with Crippen LogP contribution in [0.2, 0.25) is 0 Å². The zero-order chi connectivity index (χ0) is 33.9. The Morgan fingerprint density at radius 1 is 1.07 bits per heavy atom. The van der Waals surface area contributed by atoms with Crippen LogP contribution in [0.1, 0.15) is 112 Å². The highest BCUT2D eigenvalue weighted by Gasteiger charge is 2.49. The molecule has 0 aromatic rings. The van der Waals surface area contributed by atoms with Gasteiger partial charge in [0.15, 0.2) is 0 Å². The summed E-state index contributed by atoms with van der Waals surface area (Å²) in [7, 11) is -1.04. The van der Waals surface area contributed by atoms with Crippen LogP contribution in [0.15, 0.2) is 0 Å². The number of amides is 5. The summed E-state index contributed by atoms with van der Waals surface area (Å²) in [5, 5.41) is 8.65. The molecule has 0 spiro atoms. The fourth-order valence-corrected chi connectivity index (χ4v) is 8.67. The third kappa shape index (κ3) is 9.73. The lowest BCUT2D eigenvalue weighted by Gasteiger charge is -2.40. The Balaban J connectivity index is 2.36. The topological polar surface area (TPSA) is 194 Å². The van der Waals surface area contributed by atoms with E-state index in [1.807, 2.05) is 34.6 Å². The van der Waals surface area contributed by atoms with Gasteiger partial charge in [-0.15, -0.1) is 0 Å². The second-order valence-corrected chi connectivity index (χ2v) is 15.2. The van der Waals surface area contributed by atoms with Gasteiger partial charge in [-0.1, -0.05) is 73.6 Å². The molecule has 2 aliphatic heterocycles. The summed E-state index contributed by atoms with van der Waals surface area (Å²) in [6.45, 7) is 12.1. The van der Waals surface area contributed by atoms with E-state index in [9.17, 15) is 28.2 Å². The molecule has 12 nitrogen and oxygen atoms in total. The zero-order valence-electron chi connectivity index (χ0n) is 28.2. The van der Waals surface area contributed by atoms with Gasteiger partial charge in [0.2, 0.25) is 17.6 Å². The highest BCUT2D eigenvalue weighted by Crippen LogP contribution is 2.36. The molecule has 8 atom stereocenters. The monoisotopic (exact) mass is 654 g/mol. The first-order valence-electron chi connectivity index (χ1n) is 16.8. The first-order valence-corrected chi connectivity index (χ1v) is 18.2. The molecular weight excluding hydrogens is 596 g/mol. The molecule has 0 radical (unpaired) electrons. The van der Waals surface area contributed by atoms with Gasteiger partial charge in [-0.2, -0.15) is 0 Å². The average Bonchev–Trinajstić information content (AvgIpc) is 3.62. The van der Waals surface area contributed by atoms with Crippen LogP contribution in [-0.4, -0.2) is 86.4 Å². The number of nitrogens with two attached hydrogens (primary N) is 2. The maximum atomic E-state index is 14.3. The van der Waals surface area contributed by atoms with Crippen LogP contribution in [0.3, 0.4) is 0 Å². The lowest BCUT2D eigenvalue weighted by atomic mass is 9.84. The number of nitrogens with one attached hydrogen (secondary N) is 3. The minimum Gasteiger partial charge on any atom is -0.363 e. The third-order valence-electron chi connectivity index (χ3n) is 9.90. The molecule has 2 fully saturated rings. The number of hydrogen-bond donors (Lipinski definition) is 5. The molecule has 0 bridgehead atoms. The van der Waals surface area contributed by atoms with Crippen LogP contribution in [0, 0.1) is 11.3 Å². The number of ketones is 1. The summed E-state index contributed by atoms with van der Waals surface area (Å²) in [6, 6.07) is -3.47. The largest absolute Gasteiger partial charge is 0.363 e. The molecule has 2 heterocycles. The van der Waals surface area contributed by atoms with Crippen molar-refractivity contribution in [1.29, 1.82) is 0 Å². The molecule has 2 saturated heterocycles. The molecule has 0 aromatic carbocycles. The van der Waals surface area contributed by atoms with Crippen molar-refractivity contribution >= 4 is 40.3 Å². The van der Waals surface area contributed by atoms with Gasteiger partial charge in [0.25, 0.3) is 5.91 Å². The van der Waals surface area contributed by atoms with Crippen molar-refractivity contribution < 1.29 is 28.2 Å². The second-order valence-electron chi connectivity index (χ2n) is 13.4. The van der Waals surface area contributed by atoms with Crippen LogP contribution in [0.25, 0.3) is 0 Å². The van der Waals surface area contributed by atoms with Crippen LogP contribution >= 0.6 is 0 Å². The van der Waals surface area contributed by atoms with Gasteiger partial charge < -0.3 is 32.3 Å². The molecule has 5 amide bonds. The number of hydrogen-bond acceptors (Lipinski definition) is 7. The smallest absolute Gasteiger partial charge is 0.315 e. The minimum absolute atomic E-state index is 0.154. The number of nitrogens with zero attached hydrogens (tertiary/aromatic N) is 1. The summed E-state index contributed by atoms with van der Waals surface area (Å²) in [5.41, 5.74) is 10.1. The van der Waals surface area contributed by atoms with Crippen LogP contribution in [0.5, 0.6) is 0 Å². The number of carbonyl (C=O) groups excluding carboxylic acids is 5. The highest BCUT2D eigenvalue weighted by molar-refractivity contribution is 7.86. The van der Waals surface area contributed by atoms with E-state index in [0.29, 0.717) is 31.4 Å². The number of rotatable bonds is 18. The normalized spacial score (nSPS) is 26.4. The van der Waals surface area contributed by atoms with E-state index in [2.05, 4.69) is 22.9 Å². The first-order chi connectivity index (χ1) is 21.2. The lowest BCUT2D eigenvalue weighted by molar-refractivity contribution is -0.142. The summed E-state index contributed by atoms with van der Waals surface area (Å²) < 4.78 is 13.0. The van der Waals surface area contributed by atoms with E-state index < -0.39 is 69.4 Å². The van der Waals surface area contributed by atoms with Crippen molar-refractivity contribution in [2.24, 2.45) is 22.8 Å². The van der Waals surface area contributed by atoms with Crippen molar-refractivity contribution in [3.8, 4) is 0 Å². The SMILES string of the molecule is CCCCC(NC(=O)C1CC(C)(CN)CN1C(=O)C(NC(=O)NC(CC)(CCCC)C1CCCS1=O)C(C)CC)C(=O)C(N)=O. The molecule has 0 saturated carbocycles. The van der Waals surface area contributed by atoms with Crippen LogP contribution in [-0.2, 0) is 30.0 Å². The van der Waals surface area contributed by atoms with E-state index in [1.54, 1.807) is 0 Å². The van der Waals surface area contributed by atoms with Gasteiger partial charge in [0, 0.05) is 23.1 Å². The molecule has 13 heteroatoms. The quantitative estimate of drug-likeness (QED) is 0.140. The summed E-state index contributed by atoms with van der Waals surface area (Å²) >= 11 is 0. The number of Topliss-reactive ketones (excluding diaryl/α,β-unsaturated/α-hetero) is 1. The van der Waals surface area contributed by atoms with E-state index in [0.717, 1.165) is 32.1 Å². The Morgan fingerprint density at radius 2 is 1.73 bits per heavy atom. The van der Waals surface area contributed by atoms with E-state index in [-0.39, 0.29) is 37.1 Å². The predicted molar refractivity (Wildman–Crippen MR) is 176 cm³/mol. The Hall–Kier alpha value is -2.54. The number of urea groups is 1. The standard InChI is InChI=1S/C32H58N6O6S/c1-7-11-14-22(26(39)27(34)40)35-28(41)23-18-31(6,19-33)20-38(23)29(42)25(21(5)9-3)36-30(43)37-32(10-4,16-12-8-2)24-15-13-17-45(24)44/h21-25H,7-20,33H2,1-6H3,(H2,34,40)(H,35,41)(H2,36,37,43). The van der Waals surface area contributed by atoms with Gasteiger partial charge in [-0.25, -0.2) is 4.79 Å². The van der Waals surface area contributed by atoms with Crippen molar-refractivity contribution in [3.05, 3.63) is 0 Å². The molecule has 7 N–H and O–H groups in total. The molecule has 0 aliphatic carbocycles. The van der Waals surface area contributed by atoms with E-state index in [4.69, 9.17) is 11.5 Å². The number of primary amides is 1. The van der Waals surface area contributed by atoms with Gasteiger partial charge in [-0.05, 0) is 56.4 Å². The van der Waals surface area contributed by atoms with E-state index >= 15 is 0 Å². The molecule has 45 heavy (non-hydrogen) atoms. The Bertz CT molecular complexity index is 1090. The highest BCUT2D eigenvalue weighted by atomic mass is 32.2. The molecule has 2 aliphatic rings. The molecule has 8 unspecified atom stereocenters. The Labute approximate surface area is 271 Å². The number of carbonyl (C=O) groups is 5. The number of unbranched alkanes of at least 4 members (excludes halogenated alkanes) is 2. The third-order valence-corrected chi connectivity index (χ3v) is 11.9. The minimum atomic E-state index is -1.13. The summed E-state index contributed by atoms with van der Waals surface area (Å²) in [6.07, 6.45) is 7.18. The van der Waals surface area contributed by atoms with Crippen molar-refractivity contribution in [2.75, 3.05) is 18.8 Å². The molecule has 0 aromatic heterocycles. The van der Waals surface area contributed by atoms with Crippen LogP contribution in [0.4, 0.5) is 4.79 Å². The first kappa shape index (κ1) is 38.6. The summed E-state index contributed by atoms with van der Waals surface area (Å²) in [5.74, 6) is -2.62. The maximum Gasteiger partial charge on any atom is 0.315 e. The van der Waals surface area contributed by atoms with Crippen molar-refractivity contribution in [3.63, 3.8) is 0 Å². The average molecular weight is 655 g/mol. The molecule has 2 rings (SSSR count). The predicted octanol–water partition coefficient (Wildman–Crippen LogP) is 2.25. The Kier molecular flexibility index (Phi) is 14.9. The second kappa shape index (κ2) is 17.4. The van der Waals surface area contributed by atoms with Gasteiger partial charge in [0.05, 0.1) is 16.8 Å². The molecular formula is C32H58N6O6S. The van der Waals surface area contributed by atoms with Crippen molar-refractivity contribution in [2.45, 2.75) is 141 Å². The van der Waals surface area contributed by atoms with E-state index in [1.165, 1.54) is 4.90 Å². The summed E-state index contributed by atoms with van der Waals surface area (Å²) in [4.78, 5) is 67.3. The van der Waals surface area contributed by atoms with Crippen LogP contribution < -0.4 is 27.4 Å². The Morgan fingerprint density at radius 3 is 2.24 bits per heavy atom. The van der Waals surface area contributed by atoms with Gasteiger partial charge in [-0.3, -0.25) is 23.4 Å². The fraction of sp³-hybridized carbons (Fsp3) is 0.844. The lowest BCUT2D eigenvalue weighted by Crippen LogP contribution is -2.63. The maximum absolute atomic E-state index is 14.3. The van der Waals surface area contributed by atoms with Gasteiger partial charge >= 0.3 is 6.03 Å². The zero-order valence-corrected chi connectivity index (χ0v) is 29.1. The number of likely N-dealkylation sites (tertiary alicyclic amines) is 1. The molecule has 258 valence electrons.